The number of thiazole rings is 1. The number of fused-ring (bicyclic) bond motifs is 1. The van der Waals surface area contributed by atoms with E-state index in [2.05, 4.69) is 19.9 Å². The Morgan fingerprint density at radius 1 is 1.25 bits per heavy atom. The molecule has 0 saturated heterocycles. The Hall–Kier alpha value is -2.28. The molecule has 3 aromatic heterocycles. The van der Waals surface area contributed by atoms with Crippen LogP contribution in [-0.2, 0) is 0 Å². The van der Waals surface area contributed by atoms with Crippen molar-refractivity contribution in [2.24, 2.45) is 0 Å². The smallest absolute Gasteiger partial charge is 0.267 e. The van der Waals surface area contributed by atoms with E-state index >= 15 is 0 Å². The van der Waals surface area contributed by atoms with E-state index < -0.39 is 0 Å². The summed E-state index contributed by atoms with van der Waals surface area (Å²) in [6.45, 7) is 0. The normalized spacial score (nSPS) is 15.7. The zero-order chi connectivity index (χ0) is 16.5. The van der Waals surface area contributed by atoms with Crippen molar-refractivity contribution in [1.82, 2.24) is 19.4 Å². The molecule has 3 heterocycles. The summed E-state index contributed by atoms with van der Waals surface area (Å²) in [5, 5.41) is 1.86. The molecule has 4 rings (SSSR count). The molecule has 7 heteroatoms. The molecule has 0 amide bonds. The lowest BCUT2D eigenvalue weighted by molar-refractivity contribution is 0.424. The fraction of sp³-hybridized carbons (Fsp3) is 0.412. The molecule has 124 valence electrons. The van der Waals surface area contributed by atoms with Gasteiger partial charge in [-0.05, 0) is 18.9 Å². The minimum atomic E-state index is -0.0915. The molecule has 0 atom stereocenters. The molecule has 0 aliphatic heterocycles. The van der Waals surface area contributed by atoms with Crippen molar-refractivity contribution in [3.63, 3.8) is 0 Å². The standard InChI is InChI=1S/C17H19N5OS/c1-21(12-5-3-2-4-6-12)16-18-8-7-14(20-16)13-11-19-17-22(15(13)23)9-10-24-17/h7-12H,2-6H2,1H3. The molecule has 0 unspecified atom stereocenters. The number of aromatic nitrogens is 4. The van der Waals surface area contributed by atoms with Gasteiger partial charge in [-0.15, -0.1) is 11.3 Å². The third kappa shape index (κ3) is 2.69. The maximum absolute atomic E-state index is 12.6. The van der Waals surface area contributed by atoms with Gasteiger partial charge in [-0.1, -0.05) is 19.3 Å². The maximum Gasteiger partial charge on any atom is 0.267 e. The second-order valence-corrected chi connectivity index (χ2v) is 7.05. The third-order valence-corrected chi connectivity index (χ3v) is 5.47. The predicted molar refractivity (Wildman–Crippen MR) is 95.6 cm³/mol. The highest BCUT2D eigenvalue weighted by atomic mass is 32.1. The zero-order valence-corrected chi connectivity index (χ0v) is 14.4. The first-order chi connectivity index (χ1) is 11.7. The van der Waals surface area contributed by atoms with Crippen LogP contribution in [0.15, 0.2) is 34.8 Å². The first-order valence-electron chi connectivity index (χ1n) is 8.25. The molecule has 6 nitrogen and oxygen atoms in total. The number of rotatable bonds is 3. The van der Waals surface area contributed by atoms with Gasteiger partial charge in [0.15, 0.2) is 4.96 Å². The lowest BCUT2D eigenvalue weighted by atomic mass is 9.95. The Kier molecular flexibility index (Phi) is 4.02. The van der Waals surface area contributed by atoms with Crippen molar-refractivity contribution in [2.45, 2.75) is 38.1 Å². The topological polar surface area (TPSA) is 63.4 Å². The van der Waals surface area contributed by atoms with E-state index in [4.69, 9.17) is 0 Å². The van der Waals surface area contributed by atoms with Crippen LogP contribution in [0.1, 0.15) is 32.1 Å². The molecule has 0 spiro atoms. The predicted octanol–water partition coefficient (Wildman–Crippen LogP) is 2.98. The molecule has 0 aromatic carbocycles. The molecule has 24 heavy (non-hydrogen) atoms. The van der Waals surface area contributed by atoms with Crippen LogP contribution in [-0.4, -0.2) is 32.4 Å². The average molecular weight is 341 g/mol. The van der Waals surface area contributed by atoms with E-state index in [1.165, 1.54) is 43.4 Å². The fourth-order valence-electron chi connectivity index (χ4n) is 3.30. The Bertz CT molecular complexity index is 912. The van der Waals surface area contributed by atoms with E-state index in [1.54, 1.807) is 29.1 Å². The van der Waals surface area contributed by atoms with Crippen LogP contribution in [0.25, 0.3) is 16.2 Å². The lowest BCUT2D eigenvalue weighted by Gasteiger charge is -2.31. The zero-order valence-electron chi connectivity index (χ0n) is 13.6. The van der Waals surface area contributed by atoms with Gasteiger partial charge in [0.1, 0.15) is 0 Å². The SMILES string of the molecule is CN(c1nccc(-c2cnc3sccn3c2=O)n1)C1CCCCC1. The summed E-state index contributed by atoms with van der Waals surface area (Å²) in [5.41, 5.74) is 1.04. The molecule has 1 aliphatic carbocycles. The summed E-state index contributed by atoms with van der Waals surface area (Å²) in [5.74, 6) is 0.675. The lowest BCUT2D eigenvalue weighted by Crippen LogP contribution is -2.34. The molecule has 3 aromatic rings. The van der Waals surface area contributed by atoms with Gasteiger partial charge in [-0.2, -0.15) is 0 Å². The third-order valence-electron chi connectivity index (χ3n) is 4.70. The van der Waals surface area contributed by atoms with Crippen LogP contribution in [0.5, 0.6) is 0 Å². The molecular formula is C17H19N5OS. The summed E-state index contributed by atoms with van der Waals surface area (Å²) < 4.78 is 1.56. The van der Waals surface area contributed by atoms with Crippen molar-refractivity contribution in [1.29, 1.82) is 0 Å². The van der Waals surface area contributed by atoms with Crippen molar-refractivity contribution in [3.05, 3.63) is 40.4 Å². The molecule has 0 bridgehead atoms. The van der Waals surface area contributed by atoms with Gasteiger partial charge in [0.2, 0.25) is 5.95 Å². The van der Waals surface area contributed by atoms with Crippen molar-refractivity contribution < 1.29 is 0 Å². The average Bonchev–Trinajstić information content (AvgIpc) is 3.12. The highest BCUT2D eigenvalue weighted by Crippen LogP contribution is 2.25. The van der Waals surface area contributed by atoms with Gasteiger partial charge in [0.25, 0.3) is 5.56 Å². The van der Waals surface area contributed by atoms with E-state index in [9.17, 15) is 4.79 Å². The van der Waals surface area contributed by atoms with Gasteiger partial charge < -0.3 is 4.90 Å². The number of anilines is 1. The van der Waals surface area contributed by atoms with Crippen LogP contribution in [0.4, 0.5) is 5.95 Å². The number of hydrogen-bond acceptors (Lipinski definition) is 6. The monoisotopic (exact) mass is 341 g/mol. The Morgan fingerprint density at radius 2 is 2.08 bits per heavy atom. The molecule has 1 saturated carbocycles. The molecule has 1 fully saturated rings. The minimum absolute atomic E-state index is 0.0915. The maximum atomic E-state index is 12.6. The Labute approximate surface area is 143 Å². The van der Waals surface area contributed by atoms with Crippen LogP contribution >= 0.6 is 11.3 Å². The second kappa shape index (κ2) is 6.32. The number of nitrogens with zero attached hydrogens (tertiary/aromatic N) is 5. The first-order valence-corrected chi connectivity index (χ1v) is 9.13. The summed E-state index contributed by atoms with van der Waals surface area (Å²) in [6.07, 6.45) is 11.3. The van der Waals surface area contributed by atoms with Gasteiger partial charge in [-0.25, -0.2) is 15.0 Å². The largest absolute Gasteiger partial charge is 0.341 e. The first kappa shape index (κ1) is 15.3. The highest BCUT2D eigenvalue weighted by molar-refractivity contribution is 7.15. The van der Waals surface area contributed by atoms with Crippen molar-refractivity contribution in [3.8, 4) is 11.3 Å². The van der Waals surface area contributed by atoms with Crippen LogP contribution in [0.2, 0.25) is 0 Å². The van der Waals surface area contributed by atoms with E-state index in [0.717, 1.165) is 0 Å². The van der Waals surface area contributed by atoms with Crippen LogP contribution in [0, 0.1) is 0 Å². The Balaban J connectivity index is 1.71. The summed E-state index contributed by atoms with van der Waals surface area (Å²) in [6, 6.07) is 2.25. The fourth-order valence-corrected chi connectivity index (χ4v) is 3.98. The molecule has 0 radical (unpaired) electrons. The van der Waals surface area contributed by atoms with Gasteiger partial charge >= 0.3 is 0 Å². The van der Waals surface area contributed by atoms with E-state index in [-0.39, 0.29) is 5.56 Å². The summed E-state index contributed by atoms with van der Waals surface area (Å²) in [7, 11) is 2.04. The highest BCUT2D eigenvalue weighted by Gasteiger charge is 2.20. The van der Waals surface area contributed by atoms with E-state index in [1.807, 2.05) is 12.4 Å². The summed E-state index contributed by atoms with van der Waals surface area (Å²) >= 11 is 1.44. The molecule has 1 aliphatic rings. The van der Waals surface area contributed by atoms with Crippen LogP contribution in [0.3, 0.4) is 0 Å². The summed E-state index contributed by atoms with van der Waals surface area (Å²) in [4.78, 5) is 28.9. The second-order valence-electron chi connectivity index (χ2n) is 6.18. The van der Waals surface area contributed by atoms with E-state index in [0.29, 0.717) is 28.2 Å². The van der Waals surface area contributed by atoms with Gasteiger partial charge in [-0.3, -0.25) is 9.20 Å². The van der Waals surface area contributed by atoms with Crippen molar-refractivity contribution >= 4 is 22.2 Å². The van der Waals surface area contributed by atoms with Gasteiger partial charge in [0.05, 0.1) is 11.3 Å². The van der Waals surface area contributed by atoms with Crippen LogP contribution < -0.4 is 10.5 Å². The quantitative estimate of drug-likeness (QED) is 0.733. The molecule has 0 N–H and O–H groups in total. The van der Waals surface area contributed by atoms with Crippen molar-refractivity contribution in [2.75, 3.05) is 11.9 Å². The minimum Gasteiger partial charge on any atom is -0.341 e. The Morgan fingerprint density at radius 3 is 2.92 bits per heavy atom. The van der Waals surface area contributed by atoms with Gasteiger partial charge in [0, 0.05) is 37.1 Å². The molecular weight excluding hydrogens is 322 g/mol. The number of hydrogen-bond donors (Lipinski definition) is 0.